The molecule has 1 amide bonds. The van der Waals surface area contributed by atoms with Crippen LogP contribution in [-0.4, -0.2) is 20.8 Å². The Morgan fingerprint density at radius 3 is 2.50 bits per heavy atom. The minimum Gasteiger partial charge on any atom is -0.392 e. The van der Waals surface area contributed by atoms with Crippen LogP contribution in [0.15, 0.2) is 30.3 Å². The lowest BCUT2D eigenvalue weighted by Crippen LogP contribution is -2.25. The SMILES string of the molecule is CCc1cc(C(=O)NCc2ccc(CO)cc2)n(C)n1. The van der Waals surface area contributed by atoms with Crippen LogP contribution in [0.1, 0.15) is 34.2 Å². The standard InChI is InChI=1S/C15H19N3O2/c1-3-13-8-14(18(2)17-13)15(20)16-9-11-4-6-12(10-19)7-5-11/h4-8,19H,3,9-10H2,1-2H3,(H,16,20). The molecule has 0 saturated heterocycles. The summed E-state index contributed by atoms with van der Waals surface area (Å²) in [6.45, 7) is 2.49. The van der Waals surface area contributed by atoms with Gasteiger partial charge in [0.1, 0.15) is 5.69 Å². The van der Waals surface area contributed by atoms with Gasteiger partial charge in [-0.2, -0.15) is 5.10 Å². The fourth-order valence-electron chi connectivity index (χ4n) is 1.95. The van der Waals surface area contributed by atoms with Gasteiger partial charge in [0.2, 0.25) is 0 Å². The largest absolute Gasteiger partial charge is 0.392 e. The number of aliphatic hydroxyl groups excluding tert-OH is 1. The van der Waals surface area contributed by atoms with Crippen LogP contribution in [0.4, 0.5) is 0 Å². The monoisotopic (exact) mass is 273 g/mol. The molecule has 1 aromatic carbocycles. The zero-order valence-corrected chi connectivity index (χ0v) is 11.8. The first-order valence-electron chi connectivity index (χ1n) is 6.63. The van der Waals surface area contributed by atoms with Crippen LogP contribution in [-0.2, 0) is 26.6 Å². The Hall–Kier alpha value is -2.14. The summed E-state index contributed by atoms with van der Waals surface area (Å²) in [5, 5.41) is 16.1. The number of benzene rings is 1. The molecular formula is C15H19N3O2. The van der Waals surface area contributed by atoms with Crippen molar-refractivity contribution in [3.05, 3.63) is 52.8 Å². The summed E-state index contributed by atoms with van der Waals surface area (Å²) in [6, 6.07) is 9.30. The Balaban J connectivity index is 1.98. The number of carbonyl (C=O) groups excluding carboxylic acids is 1. The van der Waals surface area contributed by atoms with Crippen LogP contribution >= 0.6 is 0 Å². The van der Waals surface area contributed by atoms with E-state index in [4.69, 9.17) is 5.11 Å². The van der Waals surface area contributed by atoms with Crippen molar-refractivity contribution >= 4 is 5.91 Å². The van der Waals surface area contributed by atoms with Gasteiger partial charge in [0.25, 0.3) is 5.91 Å². The number of nitrogens with zero attached hydrogens (tertiary/aromatic N) is 2. The van der Waals surface area contributed by atoms with Gasteiger partial charge in [0.05, 0.1) is 12.3 Å². The molecule has 0 unspecified atom stereocenters. The summed E-state index contributed by atoms with van der Waals surface area (Å²) < 4.78 is 1.60. The van der Waals surface area contributed by atoms with Gasteiger partial charge < -0.3 is 10.4 Å². The van der Waals surface area contributed by atoms with Crippen molar-refractivity contribution in [2.75, 3.05) is 0 Å². The maximum Gasteiger partial charge on any atom is 0.269 e. The highest BCUT2D eigenvalue weighted by Crippen LogP contribution is 2.06. The lowest BCUT2D eigenvalue weighted by Gasteiger charge is -2.06. The fraction of sp³-hybridized carbons (Fsp3) is 0.333. The van der Waals surface area contributed by atoms with E-state index in [0.29, 0.717) is 12.2 Å². The van der Waals surface area contributed by atoms with Crippen LogP contribution in [0.5, 0.6) is 0 Å². The Bertz CT molecular complexity index is 588. The smallest absolute Gasteiger partial charge is 0.269 e. The molecule has 0 aliphatic rings. The molecule has 0 bridgehead atoms. The number of amides is 1. The molecule has 2 rings (SSSR count). The minimum atomic E-state index is -0.133. The van der Waals surface area contributed by atoms with Crippen molar-refractivity contribution in [2.45, 2.75) is 26.5 Å². The average molecular weight is 273 g/mol. The third-order valence-electron chi connectivity index (χ3n) is 3.18. The molecule has 5 heteroatoms. The molecule has 0 fully saturated rings. The van der Waals surface area contributed by atoms with Gasteiger partial charge in [-0.3, -0.25) is 9.48 Å². The highest BCUT2D eigenvalue weighted by atomic mass is 16.3. The first-order chi connectivity index (χ1) is 9.63. The molecule has 106 valence electrons. The molecule has 2 N–H and O–H groups in total. The van der Waals surface area contributed by atoms with Crippen molar-refractivity contribution < 1.29 is 9.90 Å². The van der Waals surface area contributed by atoms with E-state index < -0.39 is 0 Å². The van der Waals surface area contributed by atoms with Crippen molar-refractivity contribution in [3.63, 3.8) is 0 Å². The fourth-order valence-corrected chi connectivity index (χ4v) is 1.95. The zero-order chi connectivity index (χ0) is 14.5. The van der Waals surface area contributed by atoms with Gasteiger partial charge in [-0.1, -0.05) is 31.2 Å². The summed E-state index contributed by atoms with van der Waals surface area (Å²) in [5.74, 6) is -0.133. The van der Waals surface area contributed by atoms with Gasteiger partial charge in [-0.25, -0.2) is 0 Å². The van der Waals surface area contributed by atoms with Crippen LogP contribution in [0.2, 0.25) is 0 Å². The van der Waals surface area contributed by atoms with Crippen LogP contribution in [0, 0.1) is 0 Å². The molecule has 1 heterocycles. The van der Waals surface area contributed by atoms with Crippen molar-refractivity contribution in [1.29, 1.82) is 0 Å². The molecule has 0 spiro atoms. The summed E-state index contributed by atoms with van der Waals surface area (Å²) in [7, 11) is 1.77. The molecule has 5 nitrogen and oxygen atoms in total. The maximum absolute atomic E-state index is 12.1. The van der Waals surface area contributed by atoms with E-state index in [1.165, 1.54) is 0 Å². The predicted octanol–water partition coefficient (Wildman–Crippen LogP) is 1.40. The second kappa shape index (κ2) is 6.34. The number of rotatable bonds is 5. The van der Waals surface area contributed by atoms with Gasteiger partial charge in [0.15, 0.2) is 0 Å². The normalized spacial score (nSPS) is 10.6. The molecular weight excluding hydrogens is 254 g/mol. The van der Waals surface area contributed by atoms with E-state index in [-0.39, 0.29) is 12.5 Å². The second-order valence-corrected chi connectivity index (χ2v) is 4.66. The number of aryl methyl sites for hydroxylation is 2. The van der Waals surface area contributed by atoms with Crippen LogP contribution < -0.4 is 5.32 Å². The first-order valence-corrected chi connectivity index (χ1v) is 6.63. The molecule has 0 radical (unpaired) electrons. The average Bonchev–Trinajstić information content (AvgIpc) is 2.86. The molecule has 0 aliphatic carbocycles. The third-order valence-corrected chi connectivity index (χ3v) is 3.18. The predicted molar refractivity (Wildman–Crippen MR) is 76.1 cm³/mol. The molecule has 20 heavy (non-hydrogen) atoms. The van der Waals surface area contributed by atoms with Crippen LogP contribution in [0.25, 0.3) is 0 Å². The summed E-state index contributed by atoms with van der Waals surface area (Å²) in [4.78, 5) is 12.1. The highest BCUT2D eigenvalue weighted by Gasteiger charge is 2.12. The van der Waals surface area contributed by atoms with Gasteiger partial charge in [0, 0.05) is 13.6 Å². The lowest BCUT2D eigenvalue weighted by molar-refractivity contribution is 0.0941. The molecule has 1 aromatic heterocycles. The topological polar surface area (TPSA) is 67.2 Å². The van der Waals surface area contributed by atoms with Crippen molar-refractivity contribution in [3.8, 4) is 0 Å². The van der Waals surface area contributed by atoms with Crippen LogP contribution in [0.3, 0.4) is 0 Å². The Morgan fingerprint density at radius 1 is 1.30 bits per heavy atom. The second-order valence-electron chi connectivity index (χ2n) is 4.66. The van der Waals surface area contributed by atoms with E-state index in [0.717, 1.165) is 23.2 Å². The summed E-state index contributed by atoms with van der Waals surface area (Å²) in [5.41, 5.74) is 3.33. The third kappa shape index (κ3) is 3.24. The Morgan fingerprint density at radius 2 is 1.95 bits per heavy atom. The maximum atomic E-state index is 12.1. The zero-order valence-electron chi connectivity index (χ0n) is 11.8. The van der Waals surface area contributed by atoms with E-state index in [2.05, 4.69) is 10.4 Å². The van der Waals surface area contributed by atoms with Crippen molar-refractivity contribution in [2.24, 2.45) is 7.05 Å². The summed E-state index contributed by atoms with van der Waals surface area (Å²) >= 11 is 0. The number of aliphatic hydroxyl groups is 1. The quantitative estimate of drug-likeness (QED) is 0.865. The summed E-state index contributed by atoms with van der Waals surface area (Å²) in [6.07, 6.45) is 0.809. The Labute approximate surface area is 118 Å². The van der Waals surface area contributed by atoms with E-state index in [1.54, 1.807) is 11.7 Å². The highest BCUT2D eigenvalue weighted by molar-refractivity contribution is 5.92. The number of carbonyl (C=O) groups is 1. The number of hydrogen-bond acceptors (Lipinski definition) is 3. The minimum absolute atomic E-state index is 0.0292. The van der Waals surface area contributed by atoms with E-state index in [9.17, 15) is 4.79 Å². The molecule has 2 aromatic rings. The lowest BCUT2D eigenvalue weighted by atomic mass is 10.1. The number of aromatic nitrogens is 2. The van der Waals surface area contributed by atoms with Crippen molar-refractivity contribution in [1.82, 2.24) is 15.1 Å². The van der Waals surface area contributed by atoms with Gasteiger partial charge in [-0.15, -0.1) is 0 Å². The number of hydrogen-bond donors (Lipinski definition) is 2. The van der Waals surface area contributed by atoms with E-state index >= 15 is 0 Å². The molecule has 0 aliphatic heterocycles. The molecule has 0 saturated carbocycles. The molecule has 0 atom stereocenters. The number of nitrogens with one attached hydrogen (secondary N) is 1. The first kappa shape index (κ1) is 14.3. The van der Waals surface area contributed by atoms with E-state index in [1.807, 2.05) is 37.3 Å². The van der Waals surface area contributed by atoms with Gasteiger partial charge >= 0.3 is 0 Å². The Kier molecular flexibility index (Phi) is 4.53. The van der Waals surface area contributed by atoms with Gasteiger partial charge in [-0.05, 0) is 23.6 Å².